The monoisotopic (exact) mass is 419 g/mol. The molecule has 0 radical (unpaired) electrons. The molecule has 2 bridgehead atoms. The minimum Gasteiger partial charge on any atom is -0.457 e. The van der Waals surface area contributed by atoms with Crippen molar-refractivity contribution in [2.75, 3.05) is 11.9 Å². The maximum atomic E-state index is 12.7. The fourth-order valence-corrected chi connectivity index (χ4v) is 6.70. The number of esters is 1. The summed E-state index contributed by atoms with van der Waals surface area (Å²) in [7, 11) is 2.23. The highest BCUT2D eigenvalue weighted by Gasteiger charge is 2.60. The number of carbonyl (C=O) groups excluding carboxylic acids is 1. The minimum absolute atomic E-state index is 0.164. The van der Waals surface area contributed by atoms with E-state index in [9.17, 15) is 4.79 Å². The van der Waals surface area contributed by atoms with Crippen molar-refractivity contribution >= 4 is 11.7 Å². The van der Waals surface area contributed by atoms with Gasteiger partial charge in [0.25, 0.3) is 0 Å². The number of carbonyl (C=O) groups is 1. The molecule has 0 heterocycles. The first-order valence-corrected chi connectivity index (χ1v) is 11.8. The summed E-state index contributed by atoms with van der Waals surface area (Å²) in [6, 6.07) is 19.0. The molecular formula is C28H37NO2. The van der Waals surface area contributed by atoms with E-state index in [1.54, 1.807) is 0 Å². The van der Waals surface area contributed by atoms with E-state index in [2.05, 4.69) is 57.8 Å². The molecule has 3 nitrogen and oxygen atoms in total. The Hall–Kier alpha value is -2.29. The summed E-state index contributed by atoms with van der Waals surface area (Å²) in [5, 5.41) is 0. The molecule has 166 valence electrons. The highest BCUT2D eigenvalue weighted by Crippen LogP contribution is 2.64. The summed E-state index contributed by atoms with van der Waals surface area (Å²) in [5.74, 6) is 0.648. The lowest BCUT2D eigenvalue weighted by Gasteiger charge is -2.48. The number of ether oxygens (including phenoxy) is 1. The highest BCUT2D eigenvalue weighted by molar-refractivity contribution is 5.73. The molecule has 4 atom stereocenters. The van der Waals surface area contributed by atoms with E-state index in [1.807, 2.05) is 36.4 Å². The van der Waals surface area contributed by atoms with Crippen molar-refractivity contribution in [3.8, 4) is 0 Å². The second kappa shape index (κ2) is 8.33. The average molecular weight is 420 g/mol. The highest BCUT2D eigenvalue weighted by atomic mass is 16.5. The van der Waals surface area contributed by atoms with E-state index >= 15 is 0 Å². The molecule has 4 unspecified atom stereocenters. The van der Waals surface area contributed by atoms with Gasteiger partial charge in [0.05, 0.1) is 6.42 Å². The molecule has 31 heavy (non-hydrogen) atoms. The number of hydrogen-bond acceptors (Lipinski definition) is 3. The summed E-state index contributed by atoms with van der Waals surface area (Å²) in [6.07, 6.45) is 4.90. The Morgan fingerprint density at radius 2 is 1.87 bits per heavy atom. The van der Waals surface area contributed by atoms with Gasteiger partial charge in [-0.1, -0.05) is 70.2 Å². The van der Waals surface area contributed by atoms with Crippen molar-refractivity contribution in [3.05, 3.63) is 65.7 Å². The van der Waals surface area contributed by atoms with Crippen LogP contribution in [0.5, 0.6) is 0 Å². The Morgan fingerprint density at radius 3 is 2.52 bits per heavy atom. The Kier molecular flexibility index (Phi) is 5.89. The molecule has 3 heteroatoms. The van der Waals surface area contributed by atoms with Crippen molar-refractivity contribution in [2.45, 2.75) is 71.9 Å². The number of rotatable bonds is 7. The smallest absolute Gasteiger partial charge is 0.310 e. The third kappa shape index (κ3) is 4.12. The van der Waals surface area contributed by atoms with E-state index in [0.29, 0.717) is 23.3 Å². The molecule has 2 saturated carbocycles. The zero-order chi connectivity index (χ0) is 22.2. The van der Waals surface area contributed by atoms with Gasteiger partial charge in [-0.3, -0.25) is 4.79 Å². The van der Waals surface area contributed by atoms with Gasteiger partial charge >= 0.3 is 5.97 Å². The molecule has 0 aliphatic heterocycles. The standard InChI is InChI=1S/C28H37NO2/c1-6-24(21-12-8-7-9-13-21)31-25(30)18-20-11-10-14-23(17-20)29(5)26-27(2,3)22-15-16-28(26,4)19-22/h7-14,17,22,24,26H,6,15-16,18-19H2,1-5H3. The van der Waals surface area contributed by atoms with Crippen LogP contribution in [0.1, 0.15) is 70.6 Å². The van der Waals surface area contributed by atoms with Gasteiger partial charge in [0.15, 0.2) is 0 Å². The van der Waals surface area contributed by atoms with E-state index in [-0.39, 0.29) is 12.1 Å². The fourth-order valence-electron chi connectivity index (χ4n) is 6.70. The Bertz CT molecular complexity index is 917. The first-order valence-electron chi connectivity index (χ1n) is 11.8. The Labute approximate surface area is 187 Å². The van der Waals surface area contributed by atoms with Crippen LogP contribution in [0.15, 0.2) is 54.6 Å². The van der Waals surface area contributed by atoms with Crippen LogP contribution in [0.2, 0.25) is 0 Å². The van der Waals surface area contributed by atoms with Gasteiger partial charge in [-0.15, -0.1) is 0 Å². The zero-order valence-corrected chi connectivity index (χ0v) is 19.7. The van der Waals surface area contributed by atoms with Crippen LogP contribution in [0, 0.1) is 16.7 Å². The lowest BCUT2D eigenvalue weighted by molar-refractivity contribution is -0.148. The average Bonchev–Trinajstić information content (AvgIpc) is 3.24. The second-order valence-electron chi connectivity index (χ2n) is 10.6. The second-order valence-corrected chi connectivity index (χ2v) is 10.6. The molecule has 4 rings (SSSR count). The minimum atomic E-state index is -0.186. The predicted octanol–water partition coefficient (Wildman–Crippen LogP) is 6.57. The van der Waals surface area contributed by atoms with Gasteiger partial charge in [0.2, 0.25) is 0 Å². The summed E-state index contributed by atoms with van der Waals surface area (Å²) in [5.41, 5.74) is 3.96. The van der Waals surface area contributed by atoms with Crippen LogP contribution in [0.25, 0.3) is 0 Å². The number of benzene rings is 2. The molecule has 2 aliphatic rings. The molecule has 0 aromatic heterocycles. The molecule has 2 aromatic rings. The summed E-state index contributed by atoms with van der Waals surface area (Å²) >= 11 is 0. The van der Waals surface area contributed by atoms with Gasteiger partial charge in [-0.2, -0.15) is 0 Å². The van der Waals surface area contributed by atoms with Gasteiger partial charge in [0, 0.05) is 18.8 Å². The Balaban J connectivity index is 1.47. The molecule has 0 spiro atoms. The Morgan fingerprint density at radius 1 is 1.13 bits per heavy atom. The van der Waals surface area contributed by atoms with Crippen LogP contribution in [0.3, 0.4) is 0 Å². The quantitative estimate of drug-likeness (QED) is 0.475. The van der Waals surface area contributed by atoms with Crippen molar-refractivity contribution in [1.82, 2.24) is 0 Å². The number of fused-ring (bicyclic) bond motifs is 2. The van der Waals surface area contributed by atoms with Crippen LogP contribution >= 0.6 is 0 Å². The van der Waals surface area contributed by atoms with Crippen LogP contribution in [-0.4, -0.2) is 19.1 Å². The molecule has 0 N–H and O–H groups in total. The van der Waals surface area contributed by atoms with E-state index in [1.165, 1.54) is 24.9 Å². The summed E-state index contributed by atoms with van der Waals surface area (Å²) in [4.78, 5) is 15.2. The van der Waals surface area contributed by atoms with Crippen LogP contribution < -0.4 is 4.90 Å². The molecule has 0 amide bonds. The SMILES string of the molecule is CCC(OC(=O)Cc1cccc(N(C)C2C3(C)CCC(C3)C2(C)C)c1)c1ccccc1. The molecule has 2 aliphatic carbocycles. The lowest BCUT2D eigenvalue weighted by Crippen LogP contribution is -2.51. The van der Waals surface area contributed by atoms with Gasteiger partial charge < -0.3 is 9.64 Å². The molecule has 0 saturated heterocycles. The summed E-state index contributed by atoms with van der Waals surface area (Å²) < 4.78 is 5.83. The largest absolute Gasteiger partial charge is 0.457 e. The number of nitrogens with zero attached hydrogens (tertiary/aromatic N) is 1. The van der Waals surface area contributed by atoms with E-state index < -0.39 is 0 Å². The molecule has 2 fully saturated rings. The van der Waals surface area contributed by atoms with Crippen molar-refractivity contribution in [1.29, 1.82) is 0 Å². The topological polar surface area (TPSA) is 29.5 Å². The molecule has 2 aromatic carbocycles. The number of hydrogen-bond donors (Lipinski definition) is 0. The lowest BCUT2D eigenvalue weighted by atomic mass is 9.67. The van der Waals surface area contributed by atoms with Gasteiger partial charge in [-0.05, 0) is 65.7 Å². The maximum Gasteiger partial charge on any atom is 0.310 e. The summed E-state index contributed by atoms with van der Waals surface area (Å²) in [6.45, 7) is 9.41. The zero-order valence-electron chi connectivity index (χ0n) is 19.7. The van der Waals surface area contributed by atoms with E-state index in [0.717, 1.165) is 23.5 Å². The van der Waals surface area contributed by atoms with Crippen molar-refractivity contribution < 1.29 is 9.53 Å². The number of anilines is 1. The van der Waals surface area contributed by atoms with Crippen molar-refractivity contribution in [2.24, 2.45) is 16.7 Å². The molecular weight excluding hydrogens is 382 g/mol. The van der Waals surface area contributed by atoms with Crippen LogP contribution in [0.4, 0.5) is 5.69 Å². The fraction of sp³-hybridized carbons (Fsp3) is 0.536. The maximum absolute atomic E-state index is 12.7. The third-order valence-electron chi connectivity index (χ3n) is 8.06. The van der Waals surface area contributed by atoms with Gasteiger partial charge in [-0.25, -0.2) is 0 Å². The van der Waals surface area contributed by atoms with Gasteiger partial charge in [0.1, 0.15) is 6.10 Å². The third-order valence-corrected chi connectivity index (χ3v) is 8.06. The van der Waals surface area contributed by atoms with Crippen molar-refractivity contribution in [3.63, 3.8) is 0 Å². The van der Waals surface area contributed by atoms with Crippen LogP contribution in [-0.2, 0) is 16.0 Å². The van der Waals surface area contributed by atoms with E-state index in [4.69, 9.17) is 4.74 Å². The normalized spacial score (nSPS) is 27.1. The first kappa shape index (κ1) is 21.9. The predicted molar refractivity (Wildman–Crippen MR) is 127 cm³/mol. The first-order chi connectivity index (χ1) is 14.7.